The maximum absolute atomic E-state index is 5.32. The van der Waals surface area contributed by atoms with Crippen LogP contribution in [0.4, 0.5) is 0 Å². The maximum atomic E-state index is 5.32. The summed E-state index contributed by atoms with van der Waals surface area (Å²) in [5, 5.41) is 0.707. The zero-order valence-corrected chi connectivity index (χ0v) is 6.00. The Balaban J connectivity index is 2.34. The molecule has 6 heavy (non-hydrogen) atoms. The molecule has 0 amide bonds. The van der Waals surface area contributed by atoms with Crippen LogP contribution in [0.15, 0.2) is 0 Å². The van der Waals surface area contributed by atoms with E-state index in [2.05, 4.69) is 6.92 Å². The lowest BCUT2D eigenvalue weighted by molar-refractivity contribution is 1.54. The molecule has 0 aromatic rings. The summed E-state index contributed by atoms with van der Waals surface area (Å²) in [4.78, 5) is 0. The van der Waals surface area contributed by atoms with Gasteiger partial charge in [0.25, 0.3) is 0 Å². The predicted octanol–water partition coefficient (Wildman–Crippen LogP) is 2.58. The zero-order valence-electron chi connectivity index (χ0n) is 3.61. The highest BCUT2D eigenvalue weighted by molar-refractivity contribution is 8.77. The molecule has 0 N–H and O–H groups in total. The fourth-order valence-electron chi connectivity index (χ4n) is 0.115. The third kappa shape index (κ3) is 4.99. The second-order valence-electron chi connectivity index (χ2n) is 0.633. The first-order chi connectivity index (χ1) is 2.91. The minimum atomic E-state index is 0.707. The summed E-state index contributed by atoms with van der Waals surface area (Å²) < 4.78 is 0. The lowest BCUT2D eigenvalue weighted by Crippen LogP contribution is -1.56. The van der Waals surface area contributed by atoms with Crippen LogP contribution in [0, 0.1) is 0 Å². The molecule has 0 spiro atoms. The van der Waals surface area contributed by atoms with Crippen LogP contribution in [0.25, 0.3) is 0 Å². The zero-order chi connectivity index (χ0) is 4.83. The number of halogens is 1. The van der Waals surface area contributed by atoms with Gasteiger partial charge in [0, 0.05) is 5.75 Å². The first-order valence-corrected chi connectivity index (χ1v) is 4.74. The molecule has 0 aromatic heterocycles. The molecule has 0 saturated heterocycles. The Kier molecular flexibility index (Phi) is 6.98. The molecule has 0 aliphatic carbocycles. The molecule has 0 atom stereocenters. The molecule has 0 nitrogen and oxygen atoms in total. The van der Waals surface area contributed by atoms with E-state index in [0.717, 1.165) is 5.75 Å². The minimum Gasteiger partial charge on any atom is -0.114 e. The summed E-state index contributed by atoms with van der Waals surface area (Å²) in [5.74, 6) is 1.15. The van der Waals surface area contributed by atoms with Crippen LogP contribution < -0.4 is 0 Å². The molecule has 0 radical (unpaired) electrons. The summed E-state index contributed by atoms with van der Waals surface area (Å²) in [7, 11) is 3.48. The van der Waals surface area contributed by atoms with Crippen molar-refractivity contribution in [3.8, 4) is 0 Å². The molecule has 0 unspecified atom stereocenters. The van der Waals surface area contributed by atoms with E-state index >= 15 is 0 Å². The third-order valence-corrected chi connectivity index (χ3v) is 3.01. The second-order valence-corrected chi connectivity index (χ2v) is 3.97. The topological polar surface area (TPSA) is 0 Å². The summed E-state index contributed by atoms with van der Waals surface area (Å²) in [6.07, 6.45) is 0. The van der Waals surface area contributed by atoms with Crippen molar-refractivity contribution in [1.29, 1.82) is 0 Å². The Morgan fingerprint density at radius 1 is 1.50 bits per heavy atom. The van der Waals surface area contributed by atoms with Gasteiger partial charge in [-0.05, 0) is 0 Å². The van der Waals surface area contributed by atoms with Gasteiger partial charge >= 0.3 is 0 Å². The molecule has 0 heterocycles. The quantitative estimate of drug-likeness (QED) is 0.338. The SMILES string of the molecule is CCSSCCl. The predicted molar refractivity (Wildman–Crippen MR) is 36.4 cm³/mol. The van der Waals surface area contributed by atoms with E-state index in [1.165, 1.54) is 0 Å². The minimum absolute atomic E-state index is 0.707. The molecular weight excluding hydrogens is 136 g/mol. The summed E-state index contributed by atoms with van der Waals surface area (Å²) >= 11 is 5.32. The van der Waals surface area contributed by atoms with Crippen LogP contribution in [0.1, 0.15) is 6.92 Å². The van der Waals surface area contributed by atoms with Crippen molar-refractivity contribution < 1.29 is 0 Å². The number of alkyl halides is 1. The summed E-state index contributed by atoms with van der Waals surface area (Å²) in [6.45, 7) is 2.12. The molecule has 0 aromatic carbocycles. The molecule has 0 aliphatic heterocycles. The van der Waals surface area contributed by atoms with Gasteiger partial charge in [0.15, 0.2) is 0 Å². The lowest BCUT2D eigenvalue weighted by atomic mass is 11.0. The van der Waals surface area contributed by atoms with Gasteiger partial charge in [0.1, 0.15) is 0 Å². The monoisotopic (exact) mass is 142 g/mol. The molecule has 0 saturated carbocycles. The van der Waals surface area contributed by atoms with Gasteiger partial charge in [-0.2, -0.15) is 0 Å². The molecular formula is C3H7ClS2. The Hall–Kier alpha value is 0.990. The maximum Gasteiger partial charge on any atom is 0.0784 e. The van der Waals surface area contributed by atoms with Crippen LogP contribution >= 0.6 is 33.2 Å². The van der Waals surface area contributed by atoms with Crippen LogP contribution in [0.5, 0.6) is 0 Å². The van der Waals surface area contributed by atoms with Crippen molar-refractivity contribution in [2.75, 3.05) is 11.0 Å². The number of rotatable bonds is 3. The lowest BCUT2D eigenvalue weighted by Gasteiger charge is -1.84. The normalized spacial score (nSPS) is 9.00. The van der Waals surface area contributed by atoms with Gasteiger partial charge < -0.3 is 0 Å². The largest absolute Gasteiger partial charge is 0.114 e. The molecule has 0 rings (SSSR count). The van der Waals surface area contributed by atoms with Crippen LogP contribution in [-0.2, 0) is 0 Å². The van der Waals surface area contributed by atoms with E-state index in [1.54, 1.807) is 21.6 Å². The Labute approximate surface area is 51.4 Å². The number of hydrogen-bond acceptors (Lipinski definition) is 2. The van der Waals surface area contributed by atoms with Crippen molar-refractivity contribution >= 4 is 33.2 Å². The van der Waals surface area contributed by atoms with E-state index in [0.29, 0.717) is 5.21 Å². The molecule has 0 fully saturated rings. The highest BCUT2D eigenvalue weighted by Gasteiger charge is 1.76. The van der Waals surface area contributed by atoms with E-state index in [4.69, 9.17) is 11.6 Å². The van der Waals surface area contributed by atoms with Crippen molar-refractivity contribution in [2.45, 2.75) is 6.92 Å². The van der Waals surface area contributed by atoms with Gasteiger partial charge in [-0.3, -0.25) is 0 Å². The van der Waals surface area contributed by atoms with E-state index in [-0.39, 0.29) is 0 Å². The van der Waals surface area contributed by atoms with Gasteiger partial charge in [0.2, 0.25) is 0 Å². The molecule has 0 aliphatic rings. The van der Waals surface area contributed by atoms with Gasteiger partial charge in [-0.15, -0.1) is 11.6 Å². The first-order valence-electron chi connectivity index (χ1n) is 1.72. The highest BCUT2D eigenvalue weighted by Crippen LogP contribution is 2.20. The van der Waals surface area contributed by atoms with E-state index < -0.39 is 0 Å². The average molecular weight is 143 g/mol. The fraction of sp³-hybridized carbons (Fsp3) is 1.00. The van der Waals surface area contributed by atoms with Crippen molar-refractivity contribution in [1.82, 2.24) is 0 Å². The van der Waals surface area contributed by atoms with Crippen molar-refractivity contribution in [2.24, 2.45) is 0 Å². The molecule has 38 valence electrons. The molecule has 3 heteroatoms. The fourth-order valence-corrected chi connectivity index (χ4v) is 1.60. The van der Waals surface area contributed by atoms with Gasteiger partial charge in [0.05, 0.1) is 5.21 Å². The Morgan fingerprint density at radius 2 is 2.17 bits per heavy atom. The first kappa shape index (κ1) is 6.99. The average Bonchev–Trinajstić information content (AvgIpc) is 1.61. The summed E-state index contributed by atoms with van der Waals surface area (Å²) in [6, 6.07) is 0. The van der Waals surface area contributed by atoms with Gasteiger partial charge in [-0.25, -0.2) is 0 Å². The van der Waals surface area contributed by atoms with Gasteiger partial charge in [-0.1, -0.05) is 28.5 Å². The summed E-state index contributed by atoms with van der Waals surface area (Å²) in [5.41, 5.74) is 0. The van der Waals surface area contributed by atoms with Crippen molar-refractivity contribution in [3.63, 3.8) is 0 Å². The van der Waals surface area contributed by atoms with Crippen LogP contribution in [0.2, 0.25) is 0 Å². The highest BCUT2D eigenvalue weighted by atomic mass is 35.5. The third-order valence-electron chi connectivity index (χ3n) is 0.246. The smallest absolute Gasteiger partial charge is 0.0784 e. The Bertz CT molecular complexity index is 20.8. The number of hydrogen-bond donors (Lipinski definition) is 0. The van der Waals surface area contributed by atoms with Crippen LogP contribution in [-0.4, -0.2) is 11.0 Å². The van der Waals surface area contributed by atoms with Crippen molar-refractivity contribution in [3.05, 3.63) is 0 Å². The van der Waals surface area contributed by atoms with E-state index in [1.807, 2.05) is 0 Å². The van der Waals surface area contributed by atoms with Crippen LogP contribution in [0.3, 0.4) is 0 Å². The second kappa shape index (κ2) is 5.99. The Morgan fingerprint density at radius 3 is 2.33 bits per heavy atom. The standard InChI is InChI=1S/C3H7ClS2/c1-2-5-6-3-4/h2-3H2,1H3. The van der Waals surface area contributed by atoms with E-state index in [9.17, 15) is 0 Å². The molecule has 0 bridgehead atoms.